The van der Waals surface area contributed by atoms with E-state index in [1.54, 1.807) is 6.20 Å². The predicted octanol–water partition coefficient (Wildman–Crippen LogP) is 15.0. The first-order valence-electron chi connectivity index (χ1n) is 21.6. The van der Waals surface area contributed by atoms with Gasteiger partial charge in [0.05, 0.1) is 5.56 Å². The summed E-state index contributed by atoms with van der Waals surface area (Å²) in [7, 11) is 0. The molecule has 9 aromatic carbocycles. The standard InChI is InChI=1S/C59H36N4O/c1-2-12-37(13-3-1)51-34-43(33-41-15-5-6-18-44(41)51)58-61-57(62-59(63-58)50-23-11-22-48-52-35-60-31-30-53(52)64-56(48)50)42-17-10-16-40(32-42)36-24-26-39(27-25-36)54-46-20-8-9-21-47(46)55-45-19-7-4-14-38(45)28-29-49(54)55/h1-35,54H. The minimum absolute atomic E-state index is 0.156. The molecule has 0 aliphatic heterocycles. The number of rotatable bonds is 6. The van der Waals surface area contributed by atoms with Gasteiger partial charge >= 0.3 is 0 Å². The quantitative estimate of drug-likeness (QED) is 0.167. The first-order valence-corrected chi connectivity index (χ1v) is 21.6. The molecule has 0 radical (unpaired) electrons. The summed E-state index contributed by atoms with van der Waals surface area (Å²) >= 11 is 0. The molecule has 1 aliphatic rings. The van der Waals surface area contributed by atoms with Crippen LogP contribution in [0.3, 0.4) is 0 Å². The van der Waals surface area contributed by atoms with E-state index in [2.05, 4.69) is 181 Å². The Labute approximate surface area is 369 Å². The van der Waals surface area contributed by atoms with Gasteiger partial charge in [-0.25, -0.2) is 15.0 Å². The van der Waals surface area contributed by atoms with Crippen LogP contribution in [0.4, 0.5) is 0 Å². The van der Waals surface area contributed by atoms with Gasteiger partial charge < -0.3 is 4.42 Å². The molecule has 3 heterocycles. The average molecular weight is 817 g/mol. The lowest BCUT2D eigenvalue weighted by Gasteiger charge is -2.16. The third-order valence-corrected chi connectivity index (χ3v) is 12.9. The highest BCUT2D eigenvalue weighted by Crippen LogP contribution is 2.51. The van der Waals surface area contributed by atoms with E-state index >= 15 is 0 Å². The van der Waals surface area contributed by atoms with Gasteiger partial charge in [0.15, 0.2) is 17.5 Å². The summed E-state index contributed by atoms with van der Waals surface area (Å²) in [6.07, 6.45) is 3.60. The lowest BCUT2D eigenvalue weighted by Crippen LogP contribution is -2.01. The van der Waals surface area contributed by atoms with Crippen LogP contribution in [0.5, 0.6) is 0 Å². The molecule has 5 heteroatoms. The van der Waals surface area contributed by atoms with E-state index in [1.807, 2.05) is 30.5 Å². The van der Waals surface area contributed by atoms with Gasteiger partial charge in [-0.1, -0.05) is 170 Å². The average Bonchev–Trinajstić information content (AvgIpc) is 3.93. The lowest BCUT2D eigenvalue weighted by molar-refractivity contribution is 0.669. The Balaban J connectivity index is 0.941. The Morgan fingerprint density at radius 2 is 1.06 bits per heavy atom. The molecule has 13 rings (SSSR count). The fourth-order valence-corrected chi connectivity index (χ4v) is 9.91. The van der Waals surface area contributed by atoms with Gasteiger partial charge in [-0.05, 0) is 102 Å². The number of aromatic nitrogens is 4. The summed E-state index contributed by atoms with van der Waals surface area (Å²) in [4.78, 5) is 20.1. The SMILES string of the molecule is c1ccc(-c2cc(-c3nc(-c4cccc(-c5ccc(C6c7ccccc7-c7c6ccc6ccccc76)cc5)c4)nc(-c4cccc5c4oc4ccncc45)n3)cc3ccccc23)cc1. The van der Waals surface area contributed by atoms with Crippen molar-refractivity contribution in [2.24, 2.45) is 0 Å². The van der Waals surface area contributed by atoms with Crippen molar-refractivity contribution in [3.63, 3.8) is 0 Å². The molecule has 0 N–H and O–H groups in total. The molecule has 64 heavy (non-hydrogen) atoms. The van der Waals surface area contributed by atoms with Gasteiger partial charge in [0, 0.05) is 40.2 Å². The summed E-state index contributed by atoms with van der Waals surface area (Å²) in [6, 6.07) is 71.2. The normalized spacial score (nSPS) is 13.2. The first-order chi connectivity index (χ1) is 31.7. The van der Waals surface area contributed by atoms with Crippen molar-refractivity contribution in [2.75, 3.05) is 0 Å². The largest absolute Gasteiger partial charge is 0.455 e. The number of fused-ring (bicyclic) bond motifs is 9. The molecule has 0 spiro atoms. The molecule has 1 unspecified atom stereocenters. The Kier molecular flexibility index (Phi) is 8.21. The van der Waals surface area contributed by atoms with Crippen LogP contribution in [-0.2, 0) is 0 Å². The zero-order chi connectivity index (χ0) is 42.1. The number of nitrogens with zero attached hydrogens (tertiary/aromatic N) is 4. The van der Waals surface area contributed by atoms with E-state index in [0.717, 1.165) is 60.7 Å². The van der Waals surface area contributed by atoms with E-state index in [0.29, 0.717) is 23.1 Å². The van der Waals surface area contributed by atoms with E-state index < -0.39 is 0 Å². The summed E-state index contributed by atoms with van der Waals surface area (Å²) in [5, 5.41) is 6.76. The predicted molar refractivity (Wildman–Crippen MR) is 260 cm³/mol. The molecule has 12 aromatic rings. The molecular weight excluding hydrogens is 781 g/mol. The Morgan fingerprint density at radius 3 is 1.95 bits per heavy atom. The first kappa shape index (κ1) is 36.1. The maximum absolute atomic E-state index is 6.50. The molecule has 0 bridgehead atoms. The molecule has 1 atom stereocenters. The highest BCUT2D eigenvalue weighted by molar-refractivity contribution is 6.09. The van der Waals surface area contributed by atoms with Crippen molar-refractivity contribution >= 4 is 43.5 Å². The van der Waals surface area contributed by atoms with Crippen LogP contribution >= 0.6 is 0 Å². The molecule has 5 nitrogen and oxygen atoms in total. The molecule has 1 aliphatic carbocycles. The zero-order valence-electron chi connectivity index (χ0n) is 34.5. The molecule has 0 saturated carbocycles. The van der Waals surface area contributed by atoms with Crippen molar-refractivity contribution in [1.29, 1.82) is 0 Å². The van der Waals surface area contributed by atoms with Gasteiger partial charge in [-0.3, -0.25) is 4.98 Å². The van der Waals surface area contributed by atoms with E-state index in [-0.39, 0.29) is 5.92 Å². The number of benzene rings is 9. The fraction of sp³-hybridized carbons (Fsp3) is 0.0169. The van der Waals surface area contributed by atoms with Crippen LogP contribution in [0, 0.1) is 0 Å². The van der Waals surface area contributed by atoms with Crippen LogP contribution in [0.2, 0.25) is 0 Å². The van der Waals surface area contributed by atoms with Crippen molar-refractivity contribution in [2.45, 2.75) is 5.92 Å². The van der Waals surface area contributed by atoms with Crippen LogP contribution in [0.1, 0.15) is 22.6 Å². The number of furan rings is 1. The number of pyridine rings is 1. The third kappa shape index (κ3) is 5.86. The van der Waals surface area contributed by atoms with Crippen LogP contribution < -0.4 is 0 Å². The summed E-state index contributed by atoms with van der Waals surface area (Å²) < 4.78 is 6.50. The molecule has 3 aromatic heterocycles. The van der Waals surface area contributed by atoms with E-state index in [9.17, 15) is 0 Å². The van der Waals surface area contributed by atoms with Gasteiger partial charge in [0.1, 0.15) is 11.2 Å². The minimum atomic E-state index is 0.156. The van der Waals surface area contributed by atoms with Crippen LogP contribution in [0.25, 0.3) is 111 Å². The van der Waals surface area contributed by atoms with E-state index in [4.69, 9.17) is 19.4 Å². The summed E-state index contributed by atoms with van der Waals surface area (Å²) in [5.41, 5.74) is 15.1. The molecule has 0 fully saturated rings. The van der Waals surface area contributed by atoms with Gasteiger partial charge in [0.25, 0.3) is 0 Å². The molecule has 0 saturated heterocycles. The minimum Gasteiger partial charge on any atom is -0.455 e. The topological polar surface area (TPSA) is 64.7 Å². The van der Waals surface area contributed by atoms with Crippen molar-refractivity contribution in [3.05, 3.63) is 229 Å². The number of para-hydroxylation sites is 1. The monoisotopic (exact) mass is 816 g/mol. The van der Waals surface area contributed by atoms with Gasteiger partial charge in [0.2, 0.25) is 0 Å². The van der Waals surface area contributed by atoms with Crippen molar-refractivity contribution < 1.29 is 4.42 Å². The molecule has 298 valence electrons. The number of hydrogen-bond donors (Lipinski definition) is 0. The molecule has 0 amide bonds. The third-order valence-electron chi connectivity index (χ3n) is 12.9. The Morgan fingerprint density at radius 1 is 0.375 bits per heavy atom. The van der Waals surface area contributed by atoms with E-state index in [1.165, 1.54) is 44.0 Å². The second-order valence-electron chi connectivity index (χ2n) is 16.5. The lowest BCUT2D eigenvalue weighted by atomic mass is 9.88. The number of hydrogen-bond acceptors (Lipinski definition) is 5. The van der Waals surface area contributed by atoms with Crippen LogP contribution in [0.15, 0.2) is 217 Å². The Hall–Kier alpha value is -8.54. The highest BCUT2D eigenvalue weighted by Gasteiger charge is 2.31. The highest BCUT2D eigenvalue weighted by atomic mass is 16.3. The van der Waals surface area contributed by atoms with Crippen LogP contribution in [-0.4, -0.2) is 19.9 Å². The molecular formula is C59H36N4O. The maximum Gasteiger partial charge on any atom is 0.167 e. The van der Waals surface area contributed by atoms with Crippen molar-refractivity contribution in [1.82, 2.24) is 19.9 Å². The van der Waals surface area contributed by atoms with Gasteiger partial charge in [-0.15, -0.1) is 0 Å². The van der Waals surface area contributed by atoms with Gasteiger partial charge in [-0.2, -0.15) is 0 Å². The smallest absolute Gasteiger partial charge is 0.167 e. The second kappa shape index (κ2) is 14.5. The maximum atomic E-state index is 6.50. The second-order valence-corrected chi connectivity index (χ2v) is 16.5. The zero-order valence-corrected chi connectivity index (χ0v) is 34.5. The Bertz CT molecular complexity index is 3800. The fourth-order valence-electron chi connectivity index (χ4n) is 9.91. The van der Waals surface area contributed by atoms with Crippen molar-refractivity contribution in [3.8, 4) is 67.5 Å². The summed E-state index contributed by atoms with van der Waals surface area (Å²) in [5.74, 6) is 1.85. The summed E-state index contributed by atoms with van der Waals surface area (Å²) in [6.45, 7) is 0.